The van der Waals surface area contributed by atoms with Crippen LogP contribution >= 0.6 is 11.6 Å². The van der Waals surface area contributed by atoms with Crippen LogP contribution in [-0.2, 0) is 4.79 Å². The smallest absolute Gasteiger partial charge is 0.183 e. The van der Waals surface area contributed by atoms with Gasteiger partial charge in [0.25, 0.3) is 0 Å². The maximum absolute atomic E-state index is 14.1. The van der Waals surface area contributed by atoms with E-state index in [1.54, 1.807) is 18.5 Å². The number of carbonyl (C=O) groups is 1. The number of ketones is 1. The Hall–Kier alpha value is -2.54. The first-order chi connectivity index (χ1) is 12.1. The Morgan fingerprint density at radius 3 is 3.04 bits per heavy atom. The number of anilines is 1. The molecule has 25 heavy (non-hydrogen) atoms. The number of rotatable bonds is 3. The van der Waals surface area contributed by atoms with E-state index in [-0.39, 0.29) is 17.6 Å². The number of hydrogen-bond donors (Lipinski definition) is 2. The Balaban J connectivity index is 1.69. The zero-order valence-corrected chi connectivity index (χ0v) is 14.0. The monoisotopic (exact) mass is 359 g/mol. The number of Topliss-reactive ketones (excluding diaryl/α,β-unsaturated/α-hetero) is 1. The van der Waals surface area contributed by atoms with E-state index in [0.717, 1.165) is 24.4 Å². The third kappa shape index (κ3) is 3.19. The van der Waals surface area contributed by atoms with E-state index >= 15 is 0 Å². The van der Waals surface area contributed by atoms with Crippen molar-refractivity contribution in [1.82, 2.24) is 19.9 Å². The maximum Gasteiger partial charge on any atom is 0.183 e. The minimum absolute atomic E-state index is 0.0995. The second-order valence-corrected chi connectivity index (χ2v) is 6.55. The van der Waals surface area contributed by atoms with Crippen LogP contribution in [0.5, 0.6) is 0 Å². The second-order valence-electron chi connectivity index (χ2n) is 6.12. The minimum Gasteiger partial charge on any atom is -0.364 e. The fraction of sp³-hybridized carbons (Fsp3) is 0.294. The van der Waals surface area contributed by atoms with Crippen LogP contribution in [-0.4, -0.2) is 31.8 Å². The number of aromatic nitrogens is 4. The van der Waals surface area contributed by atoms with E-state index < -0.39 is 5.82 Å². The predicted molar refractivity (Wildman–Crippen MR) is 93.0 cm³/mol. The molecular formula is C17H15ClFN5O. The quantitative estimate of drug-likeness (QED) is 0.744. The van der Waals surface area contributed by atoms with Crippen LogP contribution in [0.1, 0.15) is 25.7 Å². The van der Waals surface area contributed by atoms with E-state index in [2.05, 4.69) is 25.3 Å². The third-order valence-corrected chi connectivity index (χ3v) is 4.51. The molecule has 8 heteroatoms. The van der Waals surface area contributed by atoms with Gasteiger partial charge < -0.3 is 10.3 Å². The van der Waals surface area contributed by atoms with E-state index in [1.165, 1.54) is 0 Å². The molecule has 3 heterocycles. The van der Waals surface area contributed by atoms with Crippen molar-refractivity contribution in [1.29, 1.82) is 0 Å². The van der Waals surface area contributed by atoms with E-state index in [0.29, 0.717) is 34.9 Å². The van der Waals surface area contributed by atoms with Crippen molar-refractivity contribution in [2.75, 3.05) is 5.32 Å². The molecule has 1 saturated carbocycles. The van der Waals surface area contributed by atoms with Gasteiger partial charge in [-0.1, -0.05) is 11.6 Å². The zero-order chi connectivity index (χ0) is 17.4. The average molecular weight is 360 g/mol. The number of hydrogen-bond acceptors (Lipinski definition) is 5. The van der Waals surface area contributed by atoms with Crippen molar-refractivity contribution < 1.29 is 9.18 Å². The first-order valence-electron chi connectivity index (χ1n) is 8.04. The summed E-state index contributed by atoms with van der Waals surface area (Å²) in [4.78, 5) is 27.2. The molecule has 0 amide bonds. The van der Waals surface area contributed by atoms with E-state index in [1.807, 2.05) is 0 Å². The fourth-order valence-corrected chi connectivity index (χ4v) is 3.26. The zero-order valence-electron chi connectivity index (χ0n) is 13.2. The molecule has 1 fully saturated rings. The van der Waals surface area contributed by atoms with Gasteiger partial charge in [-0.3, -0.25) is 4.79 Å². The van der Waals surface area contributed by atoms with Crippen LogP contribution in [0.25, 0.3) is 22.4 Å². The van der Waals surface area contributed by atoms with Gasteiger partial charge in [0.2, 0.25) is 0 Å². The van der Waals surface area contributed by atoms with E-state index in [9.17, 15) is 9.18 Å². The first kappa shape index (κ1) is 16.0. The van der Waals surface area contributed by atoms with Gasteiger partial charge in [0.05, 0.1) is 11.2 Å². The van der Waals surface area contributed by atoms with Gasteiger partial charge in [-0.05, 0) is 18.9 Å². The number of carbonyl (C=O) groups excluding carboxylic acids is 1. The summed E-state index contributed by atoms with van der Waals surface area (Å²) in [7, 11) is 0. The molecule has 0 bridgehead atoms. The summed E-state index contributed by atoms with van der Waals surface area (Å²) in [6, 6.07) is 1.66. The lowest BCUT2D eigenvalue weighted by Crippen LogP contribution is -2.28. The van der Waals surface area contributed by atoms with Crippen LogP contribution in [0.3, 0.4) is 0 Å². The van der Waals surface area contributed by atoms with Gasteiger partial charge in [-0.2, -0.15) is 0 Å². The van der Waals surface area contributed by atoms with E-state index in [4.69, 9.17) is 11.6 Å². The molecule has 4 rings (SSSR count). The Kier molecular flexibility index (Phi) is 4.09. The van der Waals surface area contributed by atoms with Gasteiger partial charge in [-0.25, -0.2) is 19.3 Å². The lowest BCUT2D eigenvalue weighted by Gasteiger charge is -2.22. The summed E-state index contributed by atoms with van der Waals surface area (Å²) < 4.78 is 14.1. The number of aromatic amines is 1. The Morgan fingerprint density at radius 1 is 1.32 bits per heavy atom. The van der Waals surface area contributed by atoms with Crippen molar-refractivity contribution in [3.8, 4) is 11.4 Å². The Bertz CT molecular complexity index is 957. The summed E-state index contributed by atoms with van der Waals surface area (Å²) in [6.07, 6.45) is 7.01. The van der Waals surface area contributed by atoms with Gasteiger partial charge in [0.15, 0.2) is 17.5 Å². The van der Waals surface area contributed by atoms with Crippen LogP contribution in [0, 0.1) is 5.82 Å². The summed E-state index contributed by atoms with van der Waals surface area (Å²) in [6.45, 7) is 0. The van der Waals surface area contributed by atoms with Gasteiger partial charge in [-0.15, -0.1) is 0 Å². The fourth-order valence-electron chi connectivity index (χ4n) is 3.10. The summed E-state index contributed by atoms with van der Waals surface area (Å²) in [5, 5.41) is 4.30. The summed E-state index contributed by atoms with van der Waals surface area (Å²) in [5.41, 5.74) is 1.34. The van der Waals surface area contributed by atoms with Gasteiger partial charge >= 0.3 is 0 Å². The van der Waals surface area contributed by atoms with Crippen LogP contribution in [0.15, 0.2) is 24.7 Å². The highest BCUT2D eigenvalue weighted by atomic mass is 35.5. The standard InChI is InChI=1S/C17H15ClFN5O/c18-9-4-12-13(7-21-15(12)20-6-9)16-22-8-14(19)17(24-16)23-10-2-1-3-11(25)5-10/h4,6-8,10H,1-3,5H2,(H,20,21)(H,22,23,24)/t10-/m1/s1. The number of pyridine rings is 1. The molecule has 1 aliphatic rings. The summed E-state index contributed by atoms with van der Waals surface area (Å²) >= 11 is 6.01. The lowest BCUT2D eigenvalue weighted by atomic mass is 9.94. The molecule has 128 valence electrons. The molecular weight excluding hydrogens is 345 g/mol. The number of nitrogens with one attached hydrogen (secondary N) is 2. The molecule has 0 unspecified atom stereocenters. The molecule has 1 atom stereocenters. The summed E-state index contributed by atoms with van der Waals surface area (Å²) in [5.74, 6) is 0.115. The van der Waals surface area contributed by atoms with Crippen molar-refractivity contribution in [3.63, 3.8) is 0 Å². The molecule has 2 N–H and O–H groups in total. The number of H-pyrrole nitrogens is 1. The molecule has 1 aliphatic carbocycles. The van der Waals surface area contributed by atoms with Crippen LogP contribution in [0.4, 0.5) is 10.2 Å². The van der Waals surface area contributed by atoms with Crippen LogP contribution < -0.4 is 5.32 Å². The topological polar surface area (TPSA) is 83.6 Å². The maximum atomic E-state index is 14.1. The molecule has 3 aromatic rings. The van der Waals surface area contributed by atoms with Crippen molar-refractivity contribution >= 4 is 34.2 Å². The molecule has 0 radical (unpaired) electrons. The highest BCUT2D eigenvalue weighted by Gasteiger charge is 2.21. The number of fused-ring (bicyclic) bond motifs is 1. The number of halogens is 2. The average Bonchev–Trinajstić information content (AvgIpc) is 3.00. The van der Waals surface area contributed by atoms with Crippen LogP contribution in [0.2, 0.25) is 5.02 Å². The highest BCUT2D eigenvalue weighted by molar-refractivity contribution is 6.31. The van der Waals surface area contributed by atoms with Crippen molar-refractivity contribution in [2.45, 2.75) is 31.7 Å². The largest absolute Gasteiger partial charge is 0.364 e. The highest BCUT2D eigenvalue weighted by Crippen LogP contribution is 2.28. The molecule has 0 aromatic carbocycles. The SMILES string of the molecule is O=C1CCC[C@@H](Nc2nc(-c3c[nH]c4ncc(Cl)cc34)ncc2F)C1. The molecule has 0 spiro atoms. The molecule has 6 nitrogen and oxygen atoms in total. The first-order valence-corrected chi connectivity index (χ1v) is 8.42. The van der Waals surface area contributed by atoms with Crippen molar-refractivity contribution in [3.05, 3.63) is 35.5 Å². The molecule has 0 aliphatic heterocycles. The predicted octanol–water partition coefficient (Wildman–Crippen LogP) is 3.74. The third-order valence-electron chi connectivity index (χ3n) is 4.31. The molecule has 3 aromatic heterocycles. The Morgan fingerprint density at radius 2 is 2.20 bits per heavy atom. The van der Waals surface area contributed by atoms with Crippen molar-refractivity contribution in [2.24, 2.45) is 0 Å². The minimum atomic E-state index is -0.544. The number of nitrogens with zero attached hydrogens (tertiary/aromatic N) is 3. The Labute approximate surface area is 147 Å². The van der Waals surface area contributed by atoms with Gasteiger partial charge in [0.1, 0.15) is 11.4 Å². The normalized spacial score (nSPS) is 17.8. The second kappa shape index (κ2) is 6.40. The lowest BCUT2D eigenvalue weighted by molar-refractivity contribution is -0.120. The molecule has 0 saturated heterocycles. The van der Waals surface area contributed by atoms with Gasteiger partial charge in [0, 0.05) is 42.2 Å².